The first-order valence-corrected chi connectivity index (χ1v) is 8.14. The Hall–Kier alpha value is -2.81. The van der Waals surface area contributed by atoms with Gasteiger partial charge in [0.2, 0.25) is 5.95 Å². The number of halogens is 2. The van der Waals surface area contributed by atoms with E-state index in [2.05, 4.69) is 20.6 Å². The van der Waals surface area contributed by atoms with Crippen molar-refractivity contribution in [2.75, 3.05) is 41.8 Å². The number of nitrogens with one attached hydrogen (secondary N) is 2. The zero-order valence-electron chi connectivity index (χ0n) is 14.5. The minimum atomic E-state index is -0.772. The average molecular weight is 363 g/mol. The molecule has 1 aromatic heterocycles. The van der Waals surface area contributed by atoms with E-state index in [1.165, 1.54) is 0 Å². The number of anilines is 3. The lowest BCUT2D eigenvalue weighted by molar-refractivity contribution is 0.122. The van der Waals surface area contributed by atoms with Crippen LogP contribution in [0.2, 0.25) is 0 Å². The van der Waals surface area contributed by atoms with Crippen molar-refractivity contribution in [3.63, 3.8) is 0 Å². The number of aromatic nitrogens is 2. The van der Waals surface area contributed by atoms with Gasteiger partial charge in [-0.05, 0) is 26.0 Å². The quantitative estimate of drug-likeness (QED) is 0.877. The Labute approximate surface area is 149 Å². The molecule has 1 aliphatic rings. The Kier molecular flexibility index (Phi) is 5.27. The summed E-state index contributed by atoms with van der Waals surface area (Å²) < 4.78 is 31.7. The lowest BCUT2D eigenvalue weighted by atomic mass is 10.2. The fourth-order valence-corrected chi connectivity index (χ4v) is 2.69. The highest BCUT2D eigenvalue weighted by molar-refractivity contribution is 6.00. The molecule has 0 unspecified atom stereocenters. The number of amides is 2. The van der Waals surface area contributed by atoms with Gasteiger partial charge >= 0.3 is 6.03 Å². The van der Waals surface area contributed by atoms with Crippen molar-refractivity contribution in [3.8, 4) is 0 Å². The number of nitrogens with zero attached hydrogens (tertiary/aromatic N) is 3. The first kappa shape index (κ1) is 18.0. The van der Waals surface area contributed by atoms with E-state index >= 15 is 0 Å². The molecule has 2 heterocycles. The van der Waals surface area contributed by atoms with Gasteiger partial charge in [0.1, 0.15) is 11.6 Å². The van der Waals surface area contributed by atoms with E-state index in [1.807, 2.05) is 4.90 Å². The molecule has 9 heteroatoms. The van der Waals surface area contributed by atoms with Gasteiger partial charge in [-0.25, -0.2) is 23.5 Å². The topological polar surface area (TPSA) is 79.4 Å². The minimum absolute atomic E-state index is 0.0150. The van der Waals surface area contributed by atoms with Gasteiger partial charge in [0.15, 0.2) is 0 Å². The third-order valence-electron chi connectivity index (χ3n) is 3.91. The summed E-state index contributed by atoms with van der Waals surface area (Å²) in [5.41, 5.74) is 1.66. The third-order valence-corrected chi connectivity index (χ3v) is 3.91. The second-order valence-electron chi connectivity index (χ2n) is 5.91. The standard InChI is InChI=1S/C17H19F2N5O2/c1-10-15(11(2)21-16(20-10)24-3-5-26-6-4-24)23-17(25)22-14-8-12(18)7-13(19)9-14/h7-9H,3-6H2,1-2H3,(H2,22,23,25). The molecule has 2 amide bonds. The third kappa shape index (κ3) is 4.23. The van der Waals surface area contributed by atoms with Crippen LogP contribution in [0.15, 0.2) is 18.2 Å². The van der Waals surface area contributed by atoms with Crippen molar-refractivity contribution in [3.05, 3.63) is 41.2 Å². The largest absolute Gasteiger partial charge is 0.378 e. The van der Waals surface area contributed by atoms with Gasteiger partial charge in [0.05, 0.1) is 30.3 Å². The van der Waals surface area contributed by atoms with E-state index < -0.39 is 17.7 Å². The molecule has 0 bridgehead atoms. The number of carbonyl (C=O) groups excluding carboxylic acids is 1. The number of ether oxygens (including phenoxy) is 1. The summed E-state index contributed by atoms with van der Waals surface area (Å²) in [5.74, 6) is -0.960. The van der Waals surface area contributed by atoms with Crippen molar-refractivity contribution < 1.29 is 18.3 Å². The van der Waals surface area contributed by atoms with Gasteiger partial charge in [-0.3, -0.25) is 0 Å². The Morgan fingerprint density at radius 3 is 2.19 bits per heavy atom. The smallest absolute Gasteiger partial charge is 0.323 e. The summed E-state index contributed by atoms with van der Waals surface area (Å²) in [7, 11) is 0. The summed E-state index contributed by atoms with van der Waals surface area (Å²) in [6.45, 7) is 6.17. The van der Waals surface area contributed by atoms with Gasteiger partial charge in [0.25, 0.3) is 0 Å². The van der Waals surface area contributed by atoms with Crippen LogP contribution in [0, 0.1) is 25.5 Å². The molecular weight excluding hydrogens is 344 g/mol. The summed E-state index contributed by atoms with van der Waals surface area (Å²) in [4.78, 5) is 23.0. The molecule has 3 rings (SSSR count). The molecule has 1 aromatic carbocycles. The van der Waals surface area contributed by atoms with E-state index in [1.54, 1.807) is 13.8 Å². The summed E-state index contributed by atoms with van der Waals surface area (Å²) in [6, 6.07) is 2.15. The molecule has 138 valence electrons. The summed E-state index contributed by atoms with van der Waals surface area (Å²) in [5, 5.41) is 5.02. The second-order valence-corrected chi connectivity index (χ2v) is 5.91. The van der Waals surface area contributed by atoms with Crippen molar-refractivity contribution in [1.29, 1.82) is 0 Å². The van der Waals surface area contributed by atoms with Crippen LogP contribution >= 0.6 is 0 Å². The van der Waals surface area contributed by atoms with Crippen LogP contribution in [0.3, 0.4) is 0 Å². The molecule has 0 atom stereocenters. The number of hydrogen-bond donors (Lipinski definition) is 2. The maximum absolute atomic E-state index is 13.2. The van der Waals surface area contributed by atoms with E-state index in [9.17, 15) is 13.6 Å². The second kappa shape index (κ2) is 7.61. The van der Waals surface area contributed by atoms with Crippen LogP contribution in [0.25, 0.3) is 0 Å². The molecule has 0 spiro atoms. The number of morpholine rings is 1. The van der Waals surface area contributed by atoms with Crippen LogP contribution in [0.1, 0.15) is 11.4 Å². The average Bonchev–Trinajstić information content (AvgIpc) is 2.58. The number of benzene rings is 1. The number of rotatable bonds is 3. The zero-order valence-corrected chi connectivity index (χ0v) is 14.5. The van der Waals surface area contributed by atoms with Gasteiger partial charge in [-0.1, -0.05) is 0 Å². The number of hydrogen-bond acceptors (Lipinski definition) is 5. The molecule has 2 aromatic rings. The van der Waals surface area contributed by atoms with Crippen molar-refractivity contribution in [1.82, 2.24) is 9.97 Å². The molecule has 7 nitrogen and oxygen atoms in total. The Morgan fingerprint density at radius 2 is 1.62 bits per heavy atom. The molecule has 2 N–H and O–H groups in total. The predicted octanol–water partition coefficient (Wildman–Crippen LogP) is 2.85. The maximum Gasteiger partial charge on any atom is 0.323 e. The first-order chi connectivity index (χ1) is 12.4. The Balaban J connectivity index is 1.73. The van der Waals surface area contributed by atoms with E-state index in [4.69, 9.17) is 4.74 Å². The number of urea groups is 1. The van der Waals surface area contributed by atoms with Crippen LogP contribution in [0.5, 0.6) is 0 Å². The van der Waals surface area contributed by atoms with E-state index in [-0.39, 0.29) is 5.69 Å². The van der Waals surface area contributed by atoms with E-state index in [0.717, 1.165) is 18.2 Å². The van der Waals surface area contributed by atoms with Gasteiger partial charge in [0, 0.05) is 24.8 Å². The minimum Gasteiger partial charge on any atom is -0.378 e. The Morgan fingerprint density at radius 1 is 1.04 bits per heavy atom. The fraction of sp³-hybridized carbons (Fsp3) is 0.353. The normalized spacial score (nSPS) is 14.2. The Bertz CT molecular complexity index is 782. The monoisotopic (exact) mass is 363 g/mol. The molecule has 26 heavy (non-hydrogen) atoms. The SMILES string of the molecule is Cc1nc(N2CCOCC2)nc(C)c1NC(=O)Nc1cc(F)cc(F)c1. The summed E-state index contributed by atoms with van der Waals surface area (Å²) in [6.07, 6.45) is 0. The van der Waals surface area contributed by atoms with E-state index in [0.29, 0.717) is 49.3 Å². The highest BCUT2D eigenvalue weighted by Gasteiger charge is 2.18. The highest BCUT2D eigenvalue weighted by Crippen LogP contribution is 2.21. The maximum atomic E-state index is 13.2. The molecular formula is C17H19F2N5O2. The van der Waals surface area contributed by atoms with Gasteiger partial charge in [-0.2, -0.15) is 0 Å². The zero-order chi connectivity index (χ0) is 18.7. The summed E-state index contributed by atoms with van der Waals surface area (Å²) >= 11 is 0. The van der Waals surface area contributed by atoms with Crippen LogP contribution in [-0.2, 0) is 4.74 Å². The number of aryl methyl sites for hydroxylation is 2. The predicted molar refractivity (Wildman–Crippen MR) is 93.5 cm³/mol. The van der Waals surface area contributed by atoms with Crippen LogP contribution in [0.4, 0.5) is 30.9 Å². The molecule has 1 fully saturated rings. The van der Waals surface area contributed by atoms with Crippen molar-refractivity contribution >= 4 is 23.4 Å². The number of carbonyl (C=O) groups is 1. The first-order valence-electron chi connectivity index (χ1n) is 8.14. The van der Waals surface area contributed by atoms with Gasteiger partial charge in [-0.15, -0.1) is 0 Å². The lowest BCUT2D eigenvalue weighted by Crippen LogP contribution is -2.37. The highest BCUT2D eigenvalue weighted by atomic mass is 19.1. The fourth-order valence-electron chi connectivity index (χ4n) is 2.69. The molecule has 1 saturated heterocycles. The molecule has 0 aliphatic carbocycles. The van der Waals surface area contributed by atoms with Crippen molar-refractivity contribution in [2.45, 2.75) is 13.8 Å². The molecule has 0 radical (unpaired) electrons. The van der Waals surface area contributed by atoms with Crippen LogP contribution in [-0.4, -0.2) is 42.3 Å². The van der Waals surface area contributed by atoms with Crippen molar-refractivity contribution in [2.24, 2.45) is 0 Å². The van der Waals surface area contributed by atoms with Gasteiger partial charge < -0.3 is 20.3 Å². The lowest BCUT2D eigenvalue weighted by Gasteiger charge is -2.27. The molecule has 1 aliphatic heterocycles. The molecule has 0 saturated carbocycles. The van der Waals surface area contributed by atoms with Crippen LogP contribution < -0.4 is 15.5 Å².